The van der Waals surface area contributed by atoms with Crippen LogP contribution >= 0.6 is 0 Å². The van der Waals surface area contributed by atoms with Gasteiger partial charge in [-0.2, -0.15) is 0 Å². The van der Waals surface area contributed by atoms with Crippen molar-refractivity contribution in [3.63, 3.8) is 0 Å². The molecule has 3 fully saturated rings. The van der Waals surface area contributed by atoms with Crippen molar-refractivity contribution in [3.05, 3.63) is 0 Å². The van der Waals surface area contributed by atoms with E-state index < -0.39 is 0 Å². The van der Waals surface area contributed by atoms with E-state index in [2.05, 4.69) is 4.90 Å². The molecule has 0 radical (unpaired) electrons. The number of piperidine rings is 1. The molecule has 4 unspecified atom stereocenters. The van der Waals surface area contributed by atoms with E-state index in [1.807, 2.05) is 0 Å². The van der Waals surface area contributed by atoms with E-state index in [1.165, 1.54) is 58.0 Å². The Balaban J connectivity index is 1.60. The summed E-state index contributed by atoms with van der Waals surface area (Å²) in [7, 11) is 0. The van der Waals surface area contributed by atoms with E-state index >= 15 is 0 Å². The van der Waals surface area contributed by atoms with E-state index in [-0.39, 0.29) is 12.1 Å². The van der Waals surface area contributed by atoms with Gasteiger partial charge in [0.05, 0.1) is 6.61 Å². The summed E-state index contributed by atoms with van der Waals surface area (Å²) in [6.07, 6.45) is 11.7. The van der Waals surface area contributed by atoms with Crippen LogP contribution in [0.15, 0.2) is 0 Å². The largest absolute Gasteiger partial charge is 0.394 e. The molecule has 3 aliphatic rings. The highest BCUT2D eigenvalue weighted by molar-refractivity contribution is 4.96. The fourth-order valence-corrected chi connectivity index (χ4v) is 4.78. The summed E-state index contributed by atoms with van der Waals surface area (Å²) in [5, 5.41) is 9.51. The van der Waals surface area contributed by atoms with Gasteiger partial charge in [-0.25, -0.2) is 0 Å². The van der Waals surface area contributed by atoms with E-state index in [0.717, 1.165) is 24.7 Å². The van der Waals surface area contributed by atoms with E-state index in [1.54, 1.807) is 0 Å². The van der Waals surface area contributed by atoms with Gasteiger partial charge in [-0.05, 0) is 56.9 Å². The topological polar surface area (TPSA) is 49.5 Å². The molecule has 3 nitrogen and oxygen atoms in total. The molecule has 110 valence electrons. The number of nitrogens with zero attached hydrogens (tertiary/aromatic N) is 1. The lowest BCUT2D eigenvalue weighted by molar-refractivity contribution is 0.0216. The van der Waals surface area contributed by atoms with E-state index in [9.17, 15) is 5.11 Å². The summed E-state index contributed by atoms with van der Waals surface area (Å²) < 4.78 is 0. The monoisotopic (exact) mass is 266 g/mol. The quantitative estimate of drug-likeness (QED) is 0.805. The van der Waals surface area contributed by atoms with Crippen molar-refractivity contribution in [2.45, 2.75) is 69.4 Å². The number of rotatable bonds is 2. The summed E-state index contributed by atoms with van der Waals surface area (Å²) in [6.45, 7) is 2.73. The molecule has 0 aromatic rings. The lowest BCUT2D eigenvalue weighted by Crippen LogP contribution is -2.55. The Bertz CT molecular complexity index is 309. The smallest absolute Gasteiger partial charge is 0.0611 e. The molecule has 0 spiro atoms. The normalized spacial score (nSPS) is 44.8. The number of fused-ring (bicyclic) bond motifs is 1. The number of hydrogen-bond donors (Lipinski definition) is 2. The molecule has 1 saturated heterocycles. The maximum Gasteiger partial charge on any atom is 0.0611 e. The minimum absolute atomic E-state index is 0.156. The van der Waals surface area contributed by atoms with Gasteiger partial charge < -0.3 is 15.7 Å². The van der Waals surface area contributed by atoms with Crippen molar-refractivity contribution in [1.82, 2.24) is 4.90 Å². The molecule has 3 heteroatoms. The first-order chi connectivity index (χ1) is 9.20. The Kier molecular flexibility index (Phi) is 4.16. The molecule has 2 saturated carbocycles. The van der Waals surface area contributed by atoms with Gasteiger partial charge in [0.2, 0.25) is 0 Å². The van der Waals surface area contributed by atoms with Crippen LogP contribution in [0.25, 0.3) is 0 Å². The molecule has 0 aromatic heterocycles. The first-order valence-corrected chi connectivity index (χ1v) is 8.34. The molecule has 1 heterocycles. The summed E-state index contributed by atoms with van der Waals surface area (Å²) in [4.78, 5) is 2.71. The fourth-order valence-electron chi connectivity index (χ4n) is 4.78. The van der Waals surface area contributed by atoms with Gasteiger partial charge in [-0.1, -0.05) is 19.3 Å². The second-order valence-electron chi connectivity index (χ2n) is 7.36. The first-order valence-electron chi connectivity index (χ1n) is 8.34. The molecule has 0 aromatic carbocycles. The summed E-state index contributed by atoms with van der Waals surface area (Å²) >= 11 is 0. The standard InChI is InChI=1S/C16H30N2O/c17-16(12-19)8-3-6-15(10-16)18-9-7-13-4-1-2-5-14(13)11-18/h13-15,19H,1-12,17H2. The second-order valence-corrected chi connectivity index (χ2v) is 7.36. The van der Waals surface area contributed by atoms with Crippen molar-refractivity contribution in [3.8, 4) is 0 Å². The number of likely N-dealkylation sites (tertiary alicyclic amines) is 1. The van der Waals surface area contributed by atoms with E-state index in [0.29, 0.717) is 6.04 Å². The Morgan fingerprint density at radius 2 is 1.84 bits per heavy atom. The minimum atomic E-state index is -0.299. The third-order valence-corrected chi connectivity index (χ3v) is 6.01. The molecular weight excluding hydrogens is 236 g/mol. The van der Waals surface area contributed by atoms with Gasteiger partial charge in [0.25, 0.3) is 0 Å². The van der Waals surface area contributed by atoms with Crippen LogP contribution in [0.5, 0.6) is 0 Å². The first kappa shape index (κ1) is 13.8. The molecule has 0 amide bonds. The van der Waals surface area contributed by atoms with Gasteiger partial charge in [-0.15, -0.1) is 0 Å². The zero-order valence-electron chi connectivity index (χ0n) is 12.2. The van der Waals surface area contributed by atoms with Crippen molar-refractivity contribution in [2.75, 3.05) is 19.7 Å². The molecule has 3 N–H and O–H groups in total. The number of hydrogen-bond acceptors (Lipinski definition) is 3. The third kappa shape index (κ3) is 2.98. The molecular formula is C16H30N2O. The Hall–Kier alpha value is -0.120. The molecule has 1 aliphatic heterocycles. The number of aliphatic hydroxyl groups excluding tert-OH is 1. The summed E-state index contributed by atoms with van der Waals surface area (Å²) in [6, 6.07) is 0.633. The second kappa shape index (κ2) is 5.71. The average Bonchev–Trinajstić information content (AvgIpc) is 2.47. The third-order valence-electron chi connectivity index (χ3n) is 6.01. The molecule has 0 bridgehead atoms. The van der Waals surface area contributed by atoms with Gasteiger partial charge in [0.1, 0.15) is 0 Å². The average molecular weight is 266 g/mol. The van der Waals surface area contributed by atoms with E-state index in [4.69, 9.17) is 5.73 Å². The van der Waals surface area contributed by atoms with Crippen molar-refractivity contribution >= 4 is 0 Å². The molecule has 3 rings (SSSR count). The van der Waals surface area contributed by atoms with Crippen molar-refractivity contribution < 1.29 is 5.11 Å². The van der Waals surface area contributed by atoms with Gasteiger partial charge in [0.15, 0.2) is 0 Å². The summed E-state index contributed by atoms with van der Waals surface area (Å²) in [5.74, 6) is 1.96. The van der Waals surface area contributed by atoms with Crippen LogP contribution < -0.4 is 5.73 Å². The lowest BCUT2D eigenvalue weighted by Gasteiger charge is -2.48. The zero-order chi connectivity index (χ0) is 13.3. The van der Waals surface area contributed by atoms with Crippen LogP contribution in [0.1, 0.15) is 57.8 Å². The SMILES string of the molecule is NC1(CO)CCCC(N2CCC3CCCCC3C2)C1. The lowest BCUT2D eigenvalue weighted by atomic mass is 9.73. The van der Waals surface area contributed by atoms with Crippen LogP contribution in [0.4, 0.5) is 0 Å². The highest BCUT2D eigenvalue weighted by Gasteiger charge is 2.38. The highest BCUT2D eigenvalue weighted by Crippen LogP contribution is 2.39. The maximum absolute atomic E-state index is 9.51. The maximum atomic E-state index is 9.51. The van der Waals surface area contributed by atoms with Gasteiger partial charge >= 0.3 is 0 Å². The predicted octanol–water partition coefficient (Wildman–Crippen LogP) is 2.13. The van der Waals surface area contributed by atoms with Gasteiger partial charge in [0, 0.05) is 18.1 Å². The van der Waals surface area contributed by atoms with Crippen LogP contribution in [-0.4, -0.2) is 41.3 Å². The van der Waals surface area contributed by atoms with Crippen LogP contribution in [0.2, 0.25) is 0 Å². The zero-order valence-corrected chi connectivity index (χ0v) is 12.2. The minimum Gasteiger partial charge on any atom is -0.394 e. The summed E-state index contributed by atoms with van der Waals surface area (Å²) in [5.41, 5.74) is 6.01. The van der Waals surface area contributed by atoms with Crippen molar-refractivity contribution in [1.29, 1.82) is 0 Å². The van der Waals surface area contributed by atoms with Crippen LogP contribution in [-0.2, 0) is 0 Å². The fraction of sp³-hybridized carbons (Fsp3) is 1.00. The number of nitrogens with two attached hydrogens (primary N) is 1. The molecule has 19 heavy (non-hydrogen) atoms. The Morgan fingerprint density at radius 1 is 1.05 bits per heavy atom. The molecule has 4 atom stereocenters. The predicted molar refractivity (Wildman–Crippen MR) is 77.9 cm³/mol. The Morgan fingerprint density at radius 3 is 2.63 bits per heavy atom. The van der Waals surface area contributed by atoms with Crippen molar-refractivity contribution in [2.24, 2.45) is 17.6 Å². The van der Waals surface area contributed by atoms with Crippen LogP contribution in [0, 0.1) is 11.8 Å². The van der Waals surface area contributed by atoms with Crippen LogP contribution in [0.3, 0.4) is 0 Å². The van der Waals surface area contributed by atoms with Gasteiger partial charge in [-0.3, -0.25) is 0 Å². The highest BCUT2D eigenvalue weighted by atomic mass is 16.3. The Labute approximate surface area is 117 Å². The molecule has 2 aliphatic carbocycles. The number of aliphatic hydroxyl groups is 1.